The molecule has 0 aliphatic rings. The van der Waals surface area contributed by atoms with Gasteiger partial charge in [-0.3, -0.25) is 4.79 Å². The highest BCUT2D eigenvalue weighted by molar-refractivity contribution is 6.06. The molecule has 0 saturated carbocycles. The van der Waals surface area contributed by atoms with E-state index in [1.165, 1.54) is 6.39 Å². The van der Waals surface area contributed by atoms with Crippen LogP contribution >= 0.6 is 0 Å². The molecule has 0 saturated heterocycles. The number of benzene rings is 2. The molecule has 1 N–H and O–H groups in total. The van der Waals surface area contributed by atoms with Crippen molar-refractivity contribution in [3.05, 3.63) is 71.7 Å². The van der Waals surface area contributed by atoms with Gasteiger partial charge < -0.3 is 14.5 Å². The molecule has 1 aromatic heterocycles. The van der Waals surface area contributed by atoms with Crippen molar-refractivity contribution in [2.45, 2.75) is 13.8 Å². The topological polar surface area (TPSA) is 81.4 Å². The number of esters is 1. The van der Waals surface area contributed by atoms with Crippen molar-refractivity contribution in [1.29, 1.82) is 0 Å². The Kier molecular flexibility index (Phi) is 5.12. The number of carbonyl (C=O) groups is 2. The maximum absolute atomic E-state index is 12.6. The summed E-state index contributed by atoms with van der Waals surface area (Å²) >= 11 is 0. The Morgan fingerprint density at radius 3 is 2.73 bits per heavy atom. The lowest BCUT2D eigenvalue weighted by atomic mass is 10.1. The van der Waals surface area contributed by atoms with E-state index in [0.29, 0.717) is 17.0 Å². The van der Waals surface area contributed by atoms with Crippen LogP contribution < -0.4 is 5.32 Å². The zero-order valence-corrected chi connectivity index (χ0v) is 14.5. The molecule has 0 spiro atoms. The van der Waals surface area contributed by atoms with Gasteiger partial charge in [0.05, 0.1) is 12.2 Å². The summed E-state index contributed by atoms with van der Waals surface area (Å²) in [7, 11) is 0. The van der Waals surface area contributed by atoms with Crippen LogP contribution in [0.2, 0.25) is 0 Å². The molecule has 0 fully saturated rings. The number of hydrogen-bond donors (Lipinski definition) is 1. The number of aryl methyl sites for hydroxylation is 1. The Morgan fingerprint density at radius 1 is 1.15 bits per heavy atom. The SMILES string of the molecule is CCOC(=O)c1cccc(NC(=O)c2ncoc2-c2cccc(C)c2)c1. The van der Waals surface area contributed by atoms with Crippen LogP contribution in [0.4, 0.5) is 5.69 Å². The molecule has 6 nitrogen and oxygen atoms in total. The number of carbonyl (C=O) groups excluding carboxylic acids is 2. The summed E-state index contributed by atoms with van der Waals surface area (Å²) in [4.78, 5) is 28.5. The van der Waals surface area contributed by atoms with Gasteiger partial charge in [-0.15, -0.1) is 0 Å². The third kappa shape index (κ3) is 3.80. The molecule has 0 radical (unpaired) electrons. The number of anilines is 1. The molecule has 132 valence electrons. The van der Waals surface area contributed by atoms with Gasteiger partial charge in [-0.2, -0.15) is 0 Å². The maximum atomic E-state index is 12.6. The smallest absolute Gasteiger partial charge is 0.338 e. The lowest BCUT2D eigenvalue weighted by molar-refractivity contribution is 0.0526. The largest absolute Gasteiger partial charge is 0.462 e. The third-order valence-corrected chi connectivity index (χ3v) is 3.69. The second-order valence-corrected chi connectivity index (χ2v) is 5.65. The molecule has 0 aliphatic heterocycles. The van der Waals surface area contributed by atoms with Crippen molar-refractivity contribution in [2.75, 3.05) is 11.9 Å². The summed E-state index contributed by atoms with van der Waals surface area (Å²) in [5.41, 5.74) is 2.83. The van der Waals surface area contributed by atoms with Gasteiger partial charge in [0, 0.05) is 11.3 Å². The monoisotopic (exact) mass is 350 g/mol. The third-order valence-electron chi connectivity index (χ3n) is 3.69. The van der Waals surface area contributed by atoms with Gasteiger partial charge in [0.15, 0.2) is 17.8 Å². The standard InChI is InChI=1S/C20H18N2O4/c1-3-25-20(24)15-8-5-9-16(11-15)22-19(23)17-18(26-12-21-17)14-7-4-6-13(2)10-14/h4-12H,3H2,1-2H3,(H,22,23). The van der Waals surface area contributed by atoms with Gasteiger partial charge in [-0.1, -0.05) is 29.8 Å². The van der Waals surface area contributed by atoms with E-state index in [-0.39, 0.29) is 12.3 Å². The van der Waals surface area contributed by atoms with E-state index in [1.54, 1.807) is 31.2 Å². The number of oxazole rings is 1. The second-order valence-electron chi connectivity index (χ2n) is 5.65. The van der Waals surface area contributed by atoms with Gasteiger partial charge in [-0.25, -0.2) is 9.78 Å². The summed E-state index contributed by atoms with van der Waals surface area (Å²) < 4.78 is 10.4. The van der Waals surface area contributed by atoms with E-state index >= 15 is 0 Å². The molecule has 3 aromatic rings. The number of nitrogens with one attached hydrogen (secondary N) is 1. The molecular weight excluding hydrogens is 332 g/mol. The second kappa shape index (κ2) is 7.65. The van der Waals surface area contributed by atoms with Crippen molar-refractivity contribution in [2.24, 2.45) is 0 Å². The minimum atomic E-state index is -0.439. The van der Waals surface area contributed by atoms with Gasteiger partial charge in [0.25, 0.3) is 5.91 Å². The Labute approximate surface area is 150 Å². The summed E-state index contributed by atoms with van der Waals surface area (Å²) in [6.45, 7) is 3.98. The van der Waals surface area contributed by atoms with Crippen LogP contribution in [0, 0.1) is 6.92 Å². The molecule has 2 aromatic carbocycles. The fourth-order valence-electron chi connectivity index (χ4n) is 2.53. The summed E-state index contributed by atoms with van der Waals surface area (Å²) in [5.74, 6) is -0.463. The average molecular weight is 350 g/mol. The highest BCUT2D eigenvalue weighted by Crippen LogP contribution is 2.25. The lowest BCUT2D eigenvalue weighted by Crippen LogP contribution is -2.14. The Bertz CT molecular complexity index is 946. The molecule has 6 heteroatoms. The quantitative estimate of drug-likeness (QED) is 0.701. The normalized spacial score (nSPS) is 10.4. The number of aromatic nitrogens is 1. The van der Waals surface area contributed by atoms with Crippen LogP contribution in [-0.4, -0.2) is 23.5 Å². The van der Waals surface area contributed by atoms with Crippen LogP contribution in [0.15, 0.2) is 59.3 Å². The van der Waals surface area contributed by atoms with Gasteiger partial charge in [0.2, 0.25) is 0 Å². The Balaban J connectivity index is 1.83. The van der Waals surface area contributed by atoms with Crippen molar-refractivity contribution >= 4 is 17.6 Å². The summed E-state index contributed by atoms with van der Waals surface area (Å²) in [6, 6.07) is 14.2. The minimum absolute atomic E-state index is 0.178. The fraction of sp³-hybridized carbons (Fsp3) is 0.150. The number of hydrogen-bond acceptors (Lipinski definition) is 5. The van der Waals surface area contributed by atoms with Crippen LogP contribution in [0.1, 0.15) is 33.3 Å². The maximum Gasteiger partial charge on any atom is 0.338 e. The summed E-state index contributed by atoms with van der Waals surface area (Å²) in [5, 5.41) is 2.74. The molecule has 1 amide bonds. The highest BCUT2D eigenvalue weighted by Gasteiger charge is 2.19. The highest BCUT2D eigenvalue weighted by atomic mass is 16.5. The van der Waals surface area contributed by atoms with E-state index in [9.17, 15) is 9.59 Å². The van der Waals surface area contributed by atoms with E-state index in [1.807, 2.05) is 31.2 Å². The first kappa shape index (κ1) is 17.4. The molecule has 1 heterocycles. The molecule has 0 aliphatic carbocycles. The van der Waals surface area contributed by atoms with Crippen molar-refractivity contribution in [1.82, 2.24) is 4.98 Å². The molecule has 0 unspecified atom stereocenters. The molecular formula is C20H18N2O4. The lowest BCUT2D eigenvalue weighted by Gasteiger charge is -2.07. The predicted molar refractivity (Wildman–Crippen MR) is 97.0 cm³/mol. The number of ether oxygens (including phenoxy) is 1. The van der Waals surface area contributed by atoms with Crippen molar-refractivity contribution < 1.29 is 18.7 Å². The Hall–Kier alpha value is -3.41. The van der Waals surface area contributed by atoms with Gasteiger partial charge >= 0.3 is 5.97 Å². The van der Waals surface area contributed by atoms with E-state index in [4.69, 9.17) is 9.15 Å². The fourth-order valence-corrected chi connectivity index (χ4v) is 2.53. The first-order valence-corrected chi connectivity index (χ1v) is 8.17. The van der Waals surface area contributed by atoms with E-state index < -0.39 is 11.9 Å². The average Bonchev–Trinajstić information content (AvgIpc) is 3.12. The van der Waals surface area contributed by atoms with Crippen molar-refractivity contribution in [3.63, 3.8) is 0 Å². The molecule has 3 rings (SSSR count). The van der Waals surface area contributed by atoms with Gasteiger partial charge in [-0.05, 0) is 38.1 Å². The summed E-state index contributed by atoms with van der Waals surface area (Å²) in [6.07, 6.45) is 1.24. The van der Waals surface area contributed by atoms with Crippen LogP contribution in [-0.2, 0) is 4.74 Å². The first-order chi connectivity index (χ1) is 12.6. The Morgan fingerprint density at radius 2 is 1.96 bits per heavy atom. The minimum Gasteiger partial charge on any atom is -0.462 e. The molecule has 0 bridgehead atoms. The molecule has 26 heavy (non-hydrogen) atoms. The number of rotatable bonds is 5. The number of nitrogens with zero attached hydrogens (tertiary/aromatic N) is 1. The zero-order valence-electron chi connectivity index (χ0n) is 14.5. The predicted octanol–water partition coefficient (Wildman–Crippen LogP) is 4.08. The van der Waals surface area contributed by atoms with E-state index in [2.05, 4.69) is 10.3 Å². The van der Waals surface area contributed by atoms with Crippen LogP contribution in [0.5, 0.6) is 0 Å². The van der Waals surface area contributed by atoms with Crippen LogP contribution in [0.3, 0.4) is 0 Å². The van der Waals surface area contributed by atoms with Crippen molar-refractivity contribution in [3.8, 4) is 11.3 Å². The van der Waals surface area contributed by atoms with Gasteiger partial charge in [0.1, 0.15) is 0 Å². The molecule has 0 atom stereocenters. The number of amides is 1. The zero-order chi connectivity index (χ0) is 18.5. The van der Waals surface area contributed by atoms with Crippen LogP contribution in [0.25, 0.3) is 11.3 Å². The first-order valence-electron chi connectivity index (χ1n) is 8.17. The van der Waals surface area contributed by atoms with E-state index in [0.717, 1.165) is 11.1 Å².